The number of fused-ring (bicyclic) bond motifs is 1. The summed E-state index contributed by atoms with van der Waals surface area (Å²) < 4.78 is 5.81. The molecule has 1 aromatic rings. The molecule has 1 fully saturated rings. The molecule has 0 radical (unpaired) electrons. The summed E-state index contributed by atoms with van der Waals surface area (Å²) in [5, 5.41) is 6.65. The molecule has 2 heterocycles. The van der Waals surface area contributed by atoms with Gasteiger partial charge in [0, 0.05) is 25.6 Å². The van der Waals surface area contributed by atoms with Gasteiger partial charge in [-0.15, -0.1) is 0 Å². The lowest BCUT2D eigenvalue weighted by Crippen LogP contribution is -2.45. The molecule has 0 aromatic heterocycles. The van der Waals surface area contributed by atoms with E-state index in [1.807, 2.05) is 0 Å². The molecule has 2 aliphatic rings. The van der Waals surface area contributed by atoms with Gasteiger partial charge in [0.05, 0.1) is 6.61 Å². The van der Waals surface area contributed by atoms with Gasteiger partial charge in [0.1, 0.15) is 5.75 Å². The molecule has 1 saturated heterocycles. The highest BCUT2D eigenvalue weighted by Gasteiger charge is 2.17. The van der Waals surface area contributed by atoms with Crippen LogP contribution in [0.4, 0.5) is 0 Å². The monoisotopic (exact) mass is 218 g/mol. The minimum atomic E-state index is 0.703. The lowest BCUT2D eigenvalue weighted by atomic mass is 10.0. The highest BCUT2D eigenvalue weighted by Crippen LogP contribution is 2.21. The average molecular weight is 218 g/mol. The molecule has 2 N–H and O–H groups in total. The van der Waals surface area contributed by atoms with Crippen LogP contribution >= 0.6 is 0 Å². The van der Waals surface area contributed by atoms with Gasteiger partial charge in [-0.25, -0.2) is 0 Å². The molecule has 0 saturated carbocycles. The molecular formula is C13H18N2O. The Hall–Kier alpha value is -1.06. The summed E-state index contributed by atoms with van der Waals surface area (Å²) in [6.07, 6.45) is 1.14. The van der Waals surface area contributed by atoms with Crippen molar-refractivity contribution >= 4 is 0 Å². The molecule has 0 unspecified atom stereocenters. The van der Waals surface area contributed by atoms with E-state index >= 15 is 0 Å². The molecule has 3 rings (SSSR count). The van der Waals surface area contributed by atoms with E-state index in [4.69, 9.17) is 4.74 Å². The number of benzene rings is 1. The summed E-state index contributed by atoms with van der Waals surface area (Å²) in [5.74, 6) is 1.73. The van der Waals surface area contributed by atoms with Crippen LogP contribution in [0.1, 0.15) is 11.1 Å². The molecule has 16 heavy (non-hydrogen) atoms. The molecule has 3 nitrogen and oxygen atoms in total. The second-order valence-corrected chi connectivity index (χ2v) is 4.69. The third-order valence-electron chi connectivity index (χ3n) is 3.42. The van der Waals surface area contributed by atoms with Crippen molar-refractivity contribution in [2.45, 2.75) is 13.0 Å². The lowest BCUT2D eigenvalue weighted by Gasteiger charge is -2.27. The summed E-state index contributed by atoms with van der Waals surface area (Å²) in [7, 11) is 0. The van der Waals surface area contributed by atoms with Crippen LogP contribution in [0.15, 0.2) is 18.2 Å². The first-order chi connectivity index (χ1) is 7.92. The normalized spacial score (nSPS) is 20.0. The second-order valence-electron chi connectivity index (χ2n) is 4.69. The van der Waals surface area contributed by atoms with Crippen molar-refractivity contribution in [1.29, 1.82) is 0 Å². The van der Waals surface area contributed by atoms with Crippen LogP contribution in [-0.2, 0) is 13.0 Å². The Labute approximate surface area is 96.2 Å². The quantitative estimate of drug-likeness (QED) is 0.792. The maximum atomic E-state index is 5.81. The summed E-state index contributed by atoms with van der Waals surface area (Å²) in [6, 6.07) is 6.51. The summed E-state index contributed by atoms with van der Waals surface area (Å²) >= 11 is 0. The zero-order valence-electron chi connectivity index (χ0n) is 9.46. The van der Waals surface area contributed by atoms with E-state index in [0.717, 1.165) is 45.0 Å². The van der Waals surface area contributed by atoms with E-state index in [1.165, 1.54) is 11.1 Å². The predicted molar refractivity (Wildman–Crippen MR) is 63.7 cm³/mol. The van der Waals surface area contributed by atoms with E-state index in [9.17, 15) is 0 Å². The van der Waals surface area contributed by atoms with Crippen LogP contribution in [0.25, 0.3) is 0 Å². The maximum Gasteiger partial charge on any atom is 0.119 e. The molecule has 0 aliphatic carbocycles. The Morgan fingerprint density at radius 3 is 2.94 bits per heavy atom. The van der Waals surface area contributed by atoms with Crippen LogP contribution in [0, 0.1) is 5.92 Å². The molecule has 0 amide bonds. The number of hydrogen-bond acceptors (Lipinski definition) is 3. The number of ether oxygens (including phenoxy) is 1. The van der Waals surface area contributed by atoms with Crippen molar-refractivity contribution in [3.63, 3.8) is 0 Å². The van der Waals surface area contributed by atoms with Crippen molar-refractivity contribution in [3.8, 4) is 5.75 Å². The van der Waals surface area contributed by atoms with Gasteiger partial charge in [-0.2, -0.15) is 0 Å². The number of nitrogens with one attached hydrogen (secondary N) is 2. The Balaban J connectivity index is 1.65. The molecule has 1 aromatic carbocycles. The van der Waals surface area contributed by atoms with Gasteiger partial charge in [-0.1, -0.05) is 6.07 Å². The molecule has 86 valence electrons. The fraction of sp³-hybridized carbons (Fsp3) is 0.538. The molecule has 0 spiro atoms. The van der Waals surface area contributed by atoms with Gasteiger partial charge >= 0.3 is 0 Å². The van der Waals surface area contributed by atoms with Crippen LogP contribution in [0.2, 0.25) is 0 Å². The predicted octanol–water partition coefficient (Wildman–Crippen LogP) is 0.930. The van der Waals surface area contributed by atoms with E-state index < -0.39 is 0 Å². The molecule has 0 bridgehead atoms. The minimum Gasteiger partial charge on any atom is -0.493 e. The van der Waals surface area contributed by atoms with Crippen LogP contribution in [-0.4, -0.2) is 26.2 Å². The van der Waals surface area contributed by atoms with Crippen molar-refractivity contribution in [2.24, 2.45) is 5.92 Å². The topological polar surface area (TPSA) is 33.3 Å². The van der Waals surface area contributed by atoms with Crippen LogP contribution < -0.4 is 15.4 Å². The van der Waals surface area contributed by atoms with Gasteiger partial charge < -0.3 is 15.4 Å². The van der Waals surface area contributed by atoms with Crippen LogP contribution in [0.3, 0.4) is 0 Å². The van der Waals surface area contributed by atoms with Crippen molar-refractivity contribution in [2.75, 3.05) is 26.2 Å². The highest BCUT2D eigenvalue weighted by molar-refractivity contribution is 5.37. The van der Waals surface area contributed by atoms with Gasteiger partial charge in [0.15, 0.2) is 0 Å². The molecule has 3 heteroatoms. The number of rotatable bonds is 3. The lowest BCUT2D eigenvalue weighted by molar-refractivity contribution is 0.199. The zero-order chi connectivity index (χ0) is 10.8. The molecular weight excluding hydrogens is 200 g/mol. The largest absolute Gasteiger partial charge is 0.493 e. The first kappa shape index (κ1) is 10.1. The Morgan fingerprint density at radius 1 is 1.19 bits per heavy atom. The summed E-state index contributed by atoms with van der Waals surface area (Å²) in [5.41, 5.74) is 2.87. The van der Waals surface area contributed by atoms with Gasteiger partial charge in [0.2, 0.25) is 0 Å². The first-order valence-corrected chi connectivity index (χ1v) is 6.08. The number of hydrogen-bond donors (Lipinski definition) is 2. The summed E-state index contributed by atoms with van der Waals surface area (Å²) in [4.78, 5) is 0. The first-order valence-electron chi connectivity index (χ1n) is 6.08. The van der Waals surface area contributed by atoms with Crippen molar-refractivity contribution in [3.05, 3.63) is 29.3 Å². The minimum absolute atomic E-state index is 0.703. The van der Waals surface area contributed by atoms with E-state index in [-0.39, 0.29) is 0 Å². The van der Waals surface area contributed by atoms with Crippen molar-refractivity contribution < 1.29 is 4.74 Å². The Kier molecular flexibility index (Phi) is 2.80. The Morgan fingerprint density at radius 2 is 2.12 bits per heavy atom. The van der Waals surface area contributed by atoms with E-state index in [0.29, 0.717) is 5.92 Å². The SMILES string of the molecule is c1cc2c(cc1OCC1CNC1)CNCC2. The highest BCUT2D eigenvalue weighted by atomic mass is 16.5. The molecule has 0 atom stereocenters. The average Bonchev–Trinajstić information content (AvgIpc) is 2.27. The fourth-order valence-corrected chi connectivity index (χ4v) is 2.23. The standard InChI is InChI=1S/C13H18N2O/c1-2-13(16-9-10-6-15-7-10)5-12-8-14-4-3-11(1)12/h1-2,5,10,14-15H,3-4,6-9H2. The zero-order valence-corrected chi connectivity index (χ0v) is 9.46. The van der Waals surface area contributed by atoms with Gasteiger partial charge in [-0.3, -0.25) is 0 Å². The maximum absolute atomic E-state index is 5.81. The van der Waals surface area contributed by atoms with Crippen molar-refractivity contribution in [1.82, 2.24) is 10.6 Å². The second kappa shape index (κ2) is 4.44. The third kappa shape index (κ3) is 2.06. The Bertz CT molecular complexity index is 374. The fourth-order valence-electron chi connectivity index (χ4n) is 2.23. The van der Waals surface area contributed by atoms with Gasteiger partial charge in [-0.05, 0) is 36.2 Å². The smallest absolute Gasteiger partial charge is 0.119 e. The molecule has 2 aliphatic heterocycles. The van der Waals surface area contributed by atoms with Gasteiger partial charge in [0.25, 0.3) is 0 Å². The van der Waals surface area contributed by atoms with E-state index in [2.05, 4.69) is 28.8 Å². The van der Waals surface area contributed by atoms with E-state index in [1.54, 1.807) is 0 Å². The summed E-state index contributed by atoms with van der Waals surface area (Å²) in [6.45, 7) is 5.14. The van der Waals surface area contributed by atoms with Crippen LogP contribution in [0.5, 0.6) is 5.75 Å². The third-order valence-corrected chi connectivity index (χ3v) is 3.42.